The van der Waals surface area contributed by atoms with Crippen molar-refractivity contribution in [2.24, 2.45) is 0 Å². The molecule has 0 saturated carbocycles. The van der Waals surface area contributed by atoms with Gasteiger partial charge in [-0.2, -0.15) is 0 Å². The standard InChI is InChI=1S/C11H9NO.C9H14.C2H7N/c1-2-9-7-6-8-4-3-5-10(13)11(8)12-9;1-4-6-7-8-9(3)5-2;1-3-2/h2-7,13H,1H2;4,6-8H,3,5H2,1-2H3;3H,1-2H3/b;6-4-,8-7-;. The van der Waals surface area contributed by atoms with Crippen molar-refractivity contribution in [3.05, 3.63) is 79.1 Å². The lowest BCUT2D eigenvalue weighted by Crippen LogP contribution is -1.89. The average Bonchev–Trinajstić information content (AvgIpc) is 2.63. The predicted molar refractivity (Wildman–Crippen MR) is 112 cm³/mol. The van der Waals surface area contributed by atoms with Crippen molar-refractivity contribution in [1.82, 2.24) is 10.3 Å². The molecule has 2 aromatic rings. The van der Waals surface area contributed by atoms with Crippen molar-refractivity contribution < 1.29 is 5.11 Å². The number of para-hydroxylation sites is 1. The topological polar surface area (TPSA) is 45.2 Å². The second-order valence-electron chi connectivity index (χ2n) is 5.19. The Labute approximate surface area is 152 Å². The third kappa shape index (κ3) is 9.28. The maximum absolute atomic E-state index is 9.49. The van der Waals surface area contributed by atoms with Crippen LogP contribution in [0.4, 0.5) is 0 Å². The summed E-state index contributed by atoms with van der Waals surface area (Å²) in [7, 11) is 3.75. The van der Waals surface area contributed by atoms with Crippen LogP contribution in [0.25, 0.3) is 17.0 Å². The molecule has 2 rings (SSSR count). The molecule has 0 saturated heterocycles. The van der Waals surface area contributed by atoms with Crippen LogP contribution < -0.4 is 5.32 Å². The number of phenols is 1. The third-order valence-electron chi connectivity index (χ3n) is 3.02. The second kappa shape index (κ2) is 13.8. The van der Waals surface area contributed by atoms with Crippen LogP contribution >= 0.6 is 0 Å². The molecule has 1 aromatic heterocycles. The SMILES string of the molecule is C=C(/C=C\C=C/C)CC.C=Cc1ccc2cccc(O)c2n1.CNC. The highest BCUT2D eigenvalue weighted by Gasteiger charge is 1.99. The van der Waals surface area contributed by atoms with E-state index in [1.807, 2.05) is 63.5 Å². The lowest BCUT2D eigenvalue weighted by Gasteiger charge is -2.00. The zero-order valence-electron chi connectivity index (χ0n) is 15.8. The highest BCUT2D eigenvalue weighted by Crippen LogP contribution is 2.22. The van der Waals surface area contributed by atoms with E-state index in [9.17, 15) is 5.11 Å². The Bertz CT molecular complexity index is 715. The largest absolute Gasteiger partial charge is 0.506 e. The Balaban J connectivity index is 0.000000422. The zero-order valence-corrected chi connectivity index (χ0v) is 15.8. The fourth-order valence-corrected chi connectivity index (χ4v) is 1.68. The first-order chi connectivity index (χ1) is 12.0. The van der Waals surface area contributed by atoms with Gasteiger partial charge < -0.3 is 10.4 Å². The van der Waals surface area contributed by atoms with E-state index in [1.54, 1.807) is 18.2 Å². The number of aromatic hydroxyl groups is 1. The maximum Gasteiger partial charge on any atom is 0.141 e. The van der Waals surface area contributed by atoms with Crippen LogP contribution in [0.15, 0.2) is 73.4 Å². The Morgan fingerprint density at radius 3 is 2.44 bits per heavy atom. The molecule has 2 N–H and O–H groups in total. The number of benzene rings is 1. The van der Waals surface area contributed by atoms with E-state index in [2.05, 4.69) is 30.4 Å². The highest BCUT2D eigenvalue weighted by atomic mass is 16.3. The molecule has 1 aromatic carbocycles. The number of allylic oxidation sites excluding steroid dienone is 5. The van der Waals surface area contributed by atoms with Gasteiger partial charge in [-0.3, -0.25) is 0 Å². The van der Waals surface area contributed by atoms with Crippen molar-refractivity contribution in [3.8, 4) is 5.75 Å². The van der Waals surface area contributed by atoms with Gasteiger partial charge in [-0.1, -0.05) is 68.2 Å². The van der Waals surface area contributed by atoms with Crippen LogP contribution in [0.1, 0.15) is 26.0 Å². The van der Waals surface area contributed by atoms with Gasteiger partial charge >= 0.3 is 0 Å². The molecular weight excluding hydrogens is 308 g/mol. The first-order valence-corrected chi connectivity index (χ1v) is 8.30. The minimum atomic E-state index is 0.209. The highest BCUT2D eigenvalue weighted by molar-refractivity contribution is 5.84. The van der Waals surface area contributed by atoms with Gasteiger partial charge in [-0.05, 0) is 45.6 Å². The molecule has 0 spiro atoms. The van der Waals surface area contributed by atoms with Gasteiger partial charge in [0.2, 0.25) is 0 Å². The second-order valence-corrected chi connectivity index (χ2v) is 5.19. The minimum absolute atomic E-state index is 0.209. The summed E-state index contributed by atoms with van der Waals surface area (Å²) in [5.41, 5.74) is 2.57. The van der Waals surface area contributed by atoms with Crippen molar-refractivity contribution >= 4 is 17.0 Å². The summed E-state index contributed by atoms with van der Waals surface area (Å²) in [4.78, 5) is 4.23. The number of hydrogen-bond acceptors (Lipinski definition) is 3. The van der Waals surface area contributed by atoms with E-state index in [0.717, 1.165) is 17.5 Å². The van der Waals surface area contributed by atoms with Gasteiger partial charge in [0, 0.05) is 5.39 Å². The van der Waals surface area contributed by atoms with Crippen LogP contribution in [0.3, 0.4) is 0 Å². The molecular formula is C22H30N2O. The third-order valence-corrected chi connectivity index (χ3v) is 3.02. The molecule has 1 heterocycles. The van der Waals surface area contributed by atoms with Gasteiger partial charge in [0.1, 0.15) is 11.3 Å². The summed E-state index contributed by atoms with van der Waals surface area (Å²) in [5.74, 6) is 0.209. The summed E-state index contributed by atoms with van der Waals surface area (Å²) in [6.45, 7) is 11.5. The molecule has 0 fully saturated rings. The lowest BCUT2D eigenvalue weighted by atomic mass is 10.2. The normalized spacial score (nSPS) is 10.1. The number of hydrogen-bond donors (Lipinski definition) is 2. The van der Waals surface area contributed by atoms with Crippen LogP contribution in [-0.4, -0.2) is 24.2 Å². The van der Waals surface area contributed by atoms with Crippen LogP contribution in [0, 0.1) is 0 Å². The van der Waals surface area contributed by atoms with Crippen LogP contribution in [-0.2, 0) is 0 Å². The molecule has 0 aliphatic heterocycles. The summed E-state index contributed by atoms with van der Waals surface area (Å²) < 4.78 is 0. The molecule has 0 unspecified atom stereocenters. The van der Waals surface area contributed by atoms with E-state index >= 15 is 0 Å². The Morgan fingerprint density at radius 1 is 1.20 bits per heavy atom. The quantitative estimate of drug-likeness (QED) is 0.723. The Kier molecular flexibility index (Phi) is 12.3. The maximum atomic E-state index is 9.49. The van der Waals surface area contributed by atoms with Crippen molar-refractivity contribution in [1.29, 1.82) is 0 Å². The van der Waals surface area contributed by atoms with Crippen molar-refractivity contribution in [3.63, 3.8) is 0 Å². The number of pyridine rings is 1. The van der Waals surface area contributed by atoms with Gasteiger partial charge in [0.05, 0.1) is 5.69 Å². The van der Waals surface area contributed by atoms with Gasteiger partial charge in [-0.25, -0.2) is 4.98 Å². The van der Waals surface area contributed by atoms with Crippen LogP contribution in [0.5, 0.6) is 5.75 Å². The van der Waals surface area contributed by atoms with E-state index in [1.165, 1.54) is 5.57 Å². The molecule has 0 atom stereocenters. The van der Waals surface area contributed by atoms with E-state index in [-0.39, 0.29) is 5.75 Å². The molecule has 25 heavy (non-hydrogen) atoms. The summed E-state index contributed by atoms with van der Waals surface area (Å²) in [6, 6.07) is 9.12. The fourth-order valence-electron chi connectivity index (χ4n) is 1.68. The number of fused-ring (bicyclic) bond motifs is 1. The number of rotatable bonds is 4. The number of nitrogens with zero attached hydrogens (tertiary/aromatic N) is 1. The molecule has 0 amide bonds. The molecule has 3 nitrogen and oxygen atoms in total. The number of aromatic nitrogens is 1. The van der Waals surface area contributed by atoms with Gasteiger partial charge in [0.15, 0.2) is 0 Å². The molecule has 3 heteroatoms. The van der Waals surface area contributed by atoms with E-state index < -0.39 is 0 Å². The predicted octanol–water partition coefficient (Wildman–Crippen LogP) is 5.50. The lowest BCUT2D eigenvalue weighted by molar-refractivity contribution is 0.480. The molecule has 134 valence electrons. The molecule has 0 aliphatic rings. The van der Waals surface area contributed by atoms with Gasteiger partial charge in [-0.15, -0.1) is 0 Å². The van der Waals surface area contributed by atoms with Gasteiger partial charge in [0.25, 0.3) is 0 Å². The Morgan fingerprint density at radius 2 is 1.88 bits per heavy atom. The molecule has 0 aliphatic carbocycles. The van der Waals surface area contributed by atoms with Crippen molar-refractivity contribution in [2.75, 3.05) is 14.1 Å². The van der Waals surface area contributed by atoms with E-state index in [0.29, 0.717) is 5.52 Å². The summed E-state index contributed by atoms with van der Waals surface area (Å²) in [6.07, 6.45) is 10.7. The van der Waals surface area contributed by atoms with Crippen molar-refractivity contribution in [2.45, 2.75) is 20.3 Å². The average molecular weight is 338 g/mol. The first kappa shape index (κ1) is 22.4. The molecule has 0 radical (unpaired) electrons. The fraction of sp³-hybridized carbons (Fsp3) is 0.227. The first-order valence-electron chi connectivity index (χ1n) is 8.30. The number of nitrogens with one attached hydrogen (secondary N) is 1. The zero-order chi connectivity index (χ0) is 19.1. The smallest absolute Gasteiger partial charge is 0.141 e. The number of phenolic OH excluding ortho intramolecular Hbond substituents is 1. The Hall–Kier alpha value is -2.65. The monoisotopic (exact) mass is 338 g/mol. The molecule has 0 bridgehead atoms. The van der Waals surface area contributed by atoms with E-state index in [4.69, 9.17) is 0 Å². The summed E-state index contributed by atoms with van der Waals surface area (Å²) >= 11 is 0. The summed E-state index contributed by atoms with van der Waals surface area (Å²) in [5, 5.41) is 13.2. The van der Waals surface area contributed by atoms with Crippen LogP contribution in [0.2, 0.25) is 0 Å². The minimum Gasteiger partial charge on any atom is -0.506 e.